The molecular weight excluding hydrogens is 266 g/mol. The fourth-order valence-corrected chi connectivity index (χ4v) is 2.75. The number of ether oxygens (including phenoxy) is 2. The minimum absolute atomic E-state index is 0.00628. The molecule has 0 aromatic heterocycles. The fraction of sp³-hybridized carbons (Fsp3) is 0.625. The summed E-state index contributed by atoms with van der Waals surface area (Å²) in [6.07, 6.45) is 1.20. The molecule has 2 rings (SSSR count). The molecule has 0 amide bonds. The molecule has 118 valence electrons. The smallest absolute Gasteiger partial charge is 0.161 e. The molecule has 1 heterocycles. The Labute approximate surface area is 127 Å². The molecule has 1 unspecified atom stereocenters. The lowest BCUT2D eigenvalue weighted by Crippen LogP contribution is -2.35. The van der Waals surface area contributed by atoms with E-state index in [-0.39, 0.29) is 6.04 Å². The molecule has 0 bridgehead atoms. The third kappa shape index (κ3) is 4.33. The van der Waals surface area contributed by atoms with Crippen molar-refractivity contribution in [1.82, 2.24) is 9.80 Å². The molecule has 1 aromatic rings. The molecule has 0 aliphatic carbocycles. The Morgan fingerprint density at radius 1 is 1.10 bits per heavy atom. The van der Waals surface area contributed by atoms with Crippen LogP contribution in [0.2, 0.25) is 0 Å². The van der Waals surface area contributed by atoms with E-state index in [1.165, 1.54) is 13.0 Å². The van der Waals surface area contributed by atoms with Crippen LogP contribution in [0.15, 0.2) is 18.2 Å². The van der Waals surface area contributed by atoms with Gasteiger partial charge in [0.15, 0.2) is 11.5 Å². The quantitative estimate of drug-likeness (QED) is 0.888. The summed E-state index contributed by atoms with van der Waals surface area (Å²) in [6, 6.07) is 5.92. The van der Waals surface area contributed by atoms with Crippen LogP contribution < -0.4 is 15.2 Å². The number of nitrogens with two attached hydrogens (primary N) is 1. The van der Waals surface area contributed by atoms with E-state index in [0.29, 0.717) is 0 Å². The first-order chi connectivity index (χ1) is 10.1. The van der Waals surface area contributed by atoms with E-state index in [1.807, 2.05) is 18.2 Å². The van der Waals surface area contributed by atoms with Crippen LogP contribution in [0.1, 0.15) is 18.0 Å². The van der Waals surface area contributed by atoms with Crippen LogP contribution in [0.4, 0.5) is 0 Å². The molecule has 1 saturated heterocycles. The molecular formula is C16H27N3O2. The fourth-order valence-electron chi connectivity index (χ4n) is 2.75. The highest BCUT2D eigenvalue weighted by Crippen LogP contribution is 2.29. The Kier molecular flexibility index (Phi) is 5.85. The van der Waals surface area contributed by atoms with Gasteiger partial charge in [0, 0.05) is 25.7 Å². The summed E-state index contributed by atoms with van der Waals surface area (Å²) in [7, 11) is 5.47. The van der Waals surface area contributed by atoms with Crippen molar-refractivity contribution in [1.29, 1.82) is 0 Å². The highest BCUT2D eigenvalue weighted by Gasteiger charge is 2.17. The third-order valence-electron chi connectivity index (χ3n) is 4.10. The van der Waals surface area contributed by atoms with E-state index in [9.17, 15) is 0 Å². The van der Waals surface area contributed by atoms with E-state index in [2.05, 4.69) is 16.8 Å². The Balaban J connectivity index is 2.00. The summed E-state index contributed by atoms with van der Waals surface area (Å²) < 4.78 is 10.6. The maximum atomic E-state index is 6.37. The van der Waals surface area contributed by atoms with Crippen LogP contribution in [0, 0.1) is 0 Å². The number of hydrogen-bond acceptors (Lipinski definition) is 5. The van der Waals surface area contributed by atoms with Crippen molar-refractivity contribution < 1.29 is 9.47 Å². The van der Waals surface area contributed by atoms with Gasteiger partial charge in [-0.15, -0.1) is 0 Å². The zero-order valence-electron chi connectivity index (χ0n) is 13.3. The summed E-state index contributed by atoms with van der Waals surface area (Å²) in [5, 5.41) is 0. The van der Waals surface area contributed by atoms with Gasteiger partial charge in [0.05, 0.1) is 14.2 Å². The zero-order valence-corrected chi connectivity index (χ0v) is 13.3. The lowest BCUT2D eigenvalue weighted by Gasteiger charge is -2.24. The van der Waals surface area contributed by atoms with Crippen LogP contribution >= 0.6 is 0 Å². The average molecular weight is 293 g/mol. The second kappa shape index (κ2) is 7.64. The molecule has 5 heteroatoms. The van der Waals surface area contributed by atoms with Crippen LogP contribution in [0.25, 0.3) is 0 Å². The van der Waals surface area contributed by atoms with Crippen molar-refractivity contribution in [2.75, 3.05) is 54.0 Å². The van der Waals surface area contributed by atoms with E-state index < -0.39 is 0 Å². The molecule has 5 nitrogen and oxygen atoms in total. The first-order valence-corrected chi connectivity index (χ1v) is 7.52. The molecule has 1 aromatic carbocycles. The van der Waals surface area contributed by atoms with Gasteiger partial charge in [0.1, 0.15) is 0 Å². The molecule has 0 saturated carbocycles. The van der Waals surface area contributed by atoms with Gasteiger partial charge in [-0.25, -0.2) is 0 Å². The summed E-state index contributed by atoms with van der Waals surface area (Å²) in [5.41, 5.74) is 7.46. The lowest BCUT2D eigenvalue weighted by atomic mass is 10.1. The first-order valence-electron chi connectivity index (χ1n) is 7.52. The van der Waals surface area contributed by atoms with Gasteiger partial charge in [-0.3, -0.25) is 0 Å². The minimum Gasteiger partial charge on any atom is -0.493 e. The highest BCUT2D eigenvalue weighted by atomic mass is 16.5. The molecule has 0 spiro atoms. The van der Waals surface area contributed by atoms with Crippen molar-refractivity contribution in [2.24, 2.45) is 5.73 Å². The molecule has 1 fully saturated rings. The molecule has 1 aliphatic rings. The van der Waals surface area contributed by atoms with Crippen LogP contribution in [-0.4, -0.2) is 63.8 Å². The van der Waals surface area contributed by atoms with Gasteiger partial charge in [0.25, 0.3) is 0 Å². The van der Waals surface area contributed by atoms with Gasteiger partial charge in [-0.1, -0.05) is 6.07 Å². The molecule has 0 radical (unpaired) electrons. The summed E-state index contributed by atoms with van der Waals surface area (Å²) in [6.45, 7) is 5.35. The predicted octanol–water partition coefficient (Wildman–Crippen LogP) is 1.34. The summed E-state index contributed by atoms with van der Waals surface area (Å²) in [5.74, 6) is 1.48. The Bertz CT molecular complexity index is 453. The van der Waals surface area contributed by atoms with Gasteiger partial charge in [-0.2, -0.15) is 0 Å². The van der Waals surface area contributed by atoms with Crippen molar-refractivity contribution in [3.8, 4) is 11.5 Å². The summed E-state index contributed by atoms with van der Waals surface area (Å²) in [4.78, 5) is 4.83. The largest absolute Gasteiger partial charge is 0.493 e. The van der Waals surface area contributed by atoms with Crippen LogP contribution in [0.5, 0.6) is 11.5 Å². The molecule has 21 heavy (non-hydrogen) atoms. The van der Waals surface area contributed by atoms with Gasteiger partial charge < -0.3 is 25.0 Å². The first kappa shape index (κ1) is 16.1. The van der Waals surface area contributed by atoms with Gasteiger partial charge in [0.2, 0.25) is 0 Å². The van der Waals surface area contributed by atoms with Crippen molar-refractivity contribution in [3.63, 3.8) is 0 Å². The topological polar surface area (TPSA) is 51.0 Å². The normalized spacial score (nSPS) is 19.0. The summed E-state index contributed by atoms with van der Waals surface area (Å²) >= 11 is 0. The second-order valence-corrected chi connectivity index (χ2v) is 5.68. The number of likely N-dealkylation sites (N-methyl/N-ethyl adjacent to an activating group) is 1. The van der Waals surface area contributed by atoms with E-state index >= 15 is 0 Å². The van der Waals surface area contributed by atoms with E-state index in [0.717, 1.165) is 43.2 Å². The van der Waals surface area contributed by atoms with Gasteiger partial charge in [-0.05, 0) is 44.3 Å². The molecule has 1 atom stereocenters. The van der Waals surface area contributed by atoms with Crippen molar-refractivity contribution in [3.05, 3.63) is 23.8 Å². The lowest BCUT2D eigenvalue weighted by molar-refractivity contribution is 0.261. The number of hydrogen-bond donors (Lipinski definition) is 1. The van der Waals surface area contributed by atoms with Gasteiger partial charge >= 0.3 is 0 Å². The Morgan fingerprint density at radius 3 is 2.57 bits per heavy atom. The number of rotatable bonds is 5. The average Bonchev–Trinajstić information content (AvgIpc) is 2.71. The van der Waals surface area contributed by atoms with Crippen LogP contribution in [-0.2, 0) is 0 Å². The predicted molar refractivity (Wildman–Crippen MR) is 85.0 cm³/mol. The Hall–Kier alpha value is -1.30. The maximum Gasteiger partial charge on any atom is 0.161 e. The SMILES string of the molecule is COc1ccc(C(N)CN2CCCN(C)CC2)cc1OC. The van der Waals surface area contributed by atoms with Crippen LogP contribution in [0.3, 0.4) is 0 Å². The maximum absolute atomic E-state index is 6.37. The minimum atomic E-state index is -0.00628. The number of benzene rings is 1. The molecule has 2 N–H and O–H groups in total. The third-order valence-corrected chi connectivity index (χ3v) is 4.10. The highest BCUT2D eigenvalue weighted by molar-refractivity contribution is 5.43. The Morgan fingerprint density at radius 2 is 1.86 bits per heavy atom. The second-order valence-electron chi connectivity index (χ2n) is 5.68. The van der Waals surface area contributed by atoms with Crippen molar-refractivity contribution >= 4 is 0 Å². The monoisotopic (exact) mass is 293 g/mol. The standard InChI is InChI=1S/C16H27N3O2/c1-18-7-4-8-19(10-9-18)12-14(17)13-5-6-15(20-2)16(11-13)21-3/h5-6,11,14H,4,7-10,12,17H2,1-3H3. The van der Waals surface area contributed by atoms with Crippen molar-refractivity contribution in [2.45, 2.75) is 12.5 Å². The zero-order chi connectivity index (χ0) is 15.2. The number of methoxy groups -OCH3 is 2. The molecule has 1 aliphatic heterocycles. The van der Waals surface area contributed by atoms with E-state index in [1.54, 1.807) is 14.2 Å². The number of nitrogens with zero attached hydrogens (tertiary/aromatic N) is 2. The van der Waals surface area contributed by atoms with E-state index in [4.69, 9.17) is 15.2 Å².